The fourth-order valence-electron chi connectivity index (χ4n) is 1.99. The summed E-state index contributed by atoms with van der Waals surface area (Å²) in [5.74, 6) is 1.17. The van der Waals surface area contributed by atoms with Gasteiger partial charge in [-0.25, -0.2) is 9.37 Å². The van der Waals surface area contributed by atoms with Gasteiger partial charge in [0, 0.05) is 18.7 Å². The van der Waals surface area contributed by atoms with Crippen molar-refractivity contribution in [1.82, 2.24) is 10.3 Å². The van der Waals surface area contributed by atoms with Crippen LogP contribution >= 0.6 is 0 Å². The van der Waals surface area contributed by atoms with Gasteiger partial charge in [0.15, 0.2) is 0 Å². The molecule has 0 saturated carbocycles. The minimum absolute atomic E-state index is 0.276. The maximum absolute atomic E-state index is 13.3. The maximum atomic E-state index is 13.3. The zero-order valence-electron chi connectivity index (χ0n) is 12.3. The molecule has 1 aromatic rings. The Labute approximate surface area is 116 Å². The van der Waals surface area contributed by atoms with Crippen LogP contribution < -0.4 is 10.6 Å². The van der Waals surface area contributed by atoms with Crippen LogP contribution in [0.3, 0.4) is 0 Å². The summed E-state index contributed by atoms with van der Waals surface area (Å²) in [7, 11) is 0. The maximum Gasteiger partial charge on any atom is 0.141 e. The van der Waals surface area contributed by atoms with Gasteiger partial charge in [-0.3, -0.25) is 0 Å². The molecule has 4 heteroatoms. The van der Waals surface area contributed by atoms with Gasteiger partial charge in [0.2, 0.25) is 0 Å². The van der Waals surface area contributed by atoms with E-state index in [4.69, 9.17) is 0 Å². The number of hydrogen-bond acceptors (Lipinski definition) is 3. The van der Waals surface area contributed by atoms with Gasteiger partial charge in [-0.1, -0.05) is 33.6 Å². The summed E-state index contributed by atoms with van der Waals surface area (Å²) in [5, 5.41) is 6.64. The highest BCUT2D eigenvalue weighted by molar-refractivity contribution is 5.43. The SMILES string of the molecule is CCCNCc1cc(F)cnc1NCC(CC)CC. The predicted octanol–water partition coefficient (Wildman–Crippen LogP) is 3.57. The van der Waals surface area contributed by atoms with Crippen LogP contribution in [0.25, 0.3) is 0 Å². The van der Waals surface area contributed by atoms with Crippen LogP contribution in [0.15, 0.2) is 12.3 Å². The lowest BCUT2D eigenvalue weighted by atomic mass is 10.0. The highest BCUT2D eigenvalue weighted by Gasteiger charge is 2.08. The Morgan fingerprint density at radius 2 is 2.00 bits per heavy atom. The quantitative estimate of drug-likeness (QED) is 0.672. The van der Waals surface area contributed by atoms with Gasteiger partial charge in [0.1, 0.15) is 11.6 Å². The molecule has 0 aliphatic carbocycles. The smallest absolute Gasteiger partial charge is 0.141 e. The fraction of sp³-hybridized carbons (Fsp3) is 0.667. The third-order valence-corrected chi connectivity index (χ3v) is 3.39. The summed E-state index contributed by atoms with van der Waals surface area (Å²) >= 11 is 0. The average Bonchev–Trinajstić information content (AvgIpc) is 2.42. The molecule has 1 heterocycles. The van der Waals surface area contributed by atoms with Crippen molar-refractivity contribution in [2.75, 3.05) is 18.4 Å². The third-order valence-electron chi connectivity index (χ3n) is 3.39. The van der Waals surface area contributed by atoms with Crippen molar-refractivity contribution in [3.8, 4) is 0 Å². The Balaban J connectivity index is 2.64. The normalized spacial score (nSPS) is 11.0. The van der Waals surface area contributed by atoms with Crippen LogP contribution in [0.5, 0.6) is 0 Å². The second-order valence-corrected chi connectivity index (χ2v) is 4.90. The monoisotopic (exact) mass is 267 g/mol. The third kappa shape index (κ3) is 5.55. The van der Waals surface area contributed by atoms with E-state index in [0.717, 1.165) is 43.7 Å². The standard InChI is InChI=1S/C15H26FN3/c1-4-7-17-10-13-8-14(16)11-19-15(13)18-9-12(5-2)6-3/h8,11-12,17H,4-7,9-10H2,1-3H3,(H,18,19). The van der Waals surface area contributed by atoms with E-state index < -0.39 is 0 Å². The summed E-state index contributed by atoms with van der Waals surface area (Å²) in [6, 6.07) is 1.56. The number of anilines is 1. The summed E-state index contributed by atoms with van der Waals surface area (Å²) in [5.41, 5.74) is 0.902. The van der Waals surface area contributed by atoms with E-state index in [9.17, 15) is 4.39 Å². The van der Waals surface area contributed by atoms with Crippen molar-refractivity contribution in [2.45, 2.75) is 46.6 Å². The molecule has 0 bridgehead atoms. The first-order valence-electron chi connectivity index (χ1n) is 7.30. The van der Waals surface area contributed by atoms with Crippen molar-refractivity contribution in [3.63, 3.8) is 0 Å². The number of pyridine rings is 1. The number of aromatic nitrogens is 1. The minimum atomic E-state index is -0.276. The number of nitrogens with zero attached hydrogens (tertiary/aromatic N) is 1. The highest BCUT2D eigenvalue weighted by Crippen LogP contribution is 2.15. The minimum Gasteiger partial charge on any atom is -0.370 e. The molecule has 1 aromatic heterocycles. The van der Waals surface area contributed by atoms with Crippen LogP contribution in [0, 0.1) is 11.7 Å². The molecule has 0 aliphatic heterocycles. The Kier molecular flexibility index (Phi) is 7.41. The zero-order chi connectivity index (χ0) is 14.1. The Morgan fingerprint density at radius 3 is 2.63 bits per heavy atom. The number of rotatable bonds is 9. The van der Waals surface area contributed by atoms with Crippen molar-refractivity contribution in [1.29, 1.82) is 0 Å². The van der Waals surface area contributed by atoms with E-state index in [1.807, 2.05) is 0 Å². The lowest BCUT2D eigenvalue weighted by Crippen LogP contribution is -2.18. The van der Waals surface area contributed by atoms with E-state index >= 15 is 0 Å². The summed E-state index contributed by atoms with van der Waals surface area (Å²) in [6.45, 7) is 8.98. The van der Waals surface area contributed by atoms with Crippen LogP contribution in [0.4, 0.5) is 10.2 Å². The molecule has 0 aromatic carbocycles. The molecular formula is C15H26FN3. The van der Waals surface area contributed by atoms with E-state index in [1.54, 1.807) is 6.07 Å². The lowest BCUT2D eigenvalue weighted by molar-refractivity contribution is 0.517. The Hall–Kier alpha value is -1.16. The molecule has 3 nitrogen and oxygen atoms in total. The van der Waals surface area contributed by atoms with E-state index in [0.29, 0.717) is 12.5 Å². The average molecular weight is 267 g/mol. The second-order valence-electron chi connectivity index (χ2n) is 4.90. The molecule has 0 saturated heterocycles. The molecule has 2 N–H and O–H groups in total. The van der Waals surface area contributed by atoms with E-state index in [2.05, 4.69) is 36.4 Å². The largest absolute Gasteiger partial charge is 0.370 e. The van der Waals surface area contributed by atoms with E-state index in [1.165, 1.54) is 6.20 Å². The van der Waals surface area contributed by atoms with Gasteiger partial charge < -0.3 is 10.6 Å². The van der Waals surface area contributed by atoms with Crippen molar-refractivity contribution < 1.29 is 4.39 Å². The molecular weight excluding hydrogens is 241 g/mol. The molecule has 0 fully saturated rings. The first-order chi connectivity index (χ1) is 9.21. The Bertz CT molecular complexity index is 364. The topological polar surface area (TPSA) is 37.0 Å². The van der Waals surface area contributed by atoms with Crippen LogP contribution in [-0.2, 0) is 6.54 Å². The van der Waals surface area contributed by atoms with E-state index in [-0.39, 0.29) is 5.82 Å². The highest BCUT2D eigenvalue weighted by atomic mass is 19.1. The van der Waals surface area contributed by atoms with Crippen molar-refractivity contribution in [3.05, 3.63) is 23.6 Å². The van der Waals surface area contributed by atoms with Gasteiger partial charge in [-0.15, -0.1) is 0 Å². The van der Waals surface area contributed by atoms with Crippen LogP contribution in [0.1, 0.15) is 45.6 Å². The molecule has 0 atom stereocenters. The van der Waals surface area contributed by atoms with Crippen LogP contribution in [-0.4, -0.2) is 18.1 Å². The molecule has 1 rings (SSSR count). The number of hydrogen-bond donors (Lipinski definition) is 2. The predicted molar refractivity (Wildman–Crippen MR) is 78.8 cm³/mol. The number of halogens is 1. The Morgan fingerprint density at radius 1 is 1.26 bits per heavy atom. The number of nitrogens with one attached hydrogen (secondary N) is 2. The van der Waals surface area contributed by atoms with Gasteiger partial charge in [0.05, 0.1) is 6.20 Å². The second kappa shape index (κ2) is 8.86. The van der Waals surface area contributed by atoms with Crippen molar-refractivity contribution >= 4 is 5.82 Å². The molecule has 19 heavy (non-hydrogen) atoms. The lowest BCUT2D eigenvalue weighted by Gasteiger charge is -2.16. The zero-order valence-corrected chi connectivity index (χ0v) is 12.3. The molecule has 0 radical (unpaired) electrons. The molecule has 0 amide bonds. The summed E-state index contributed by atoms with van der Waals surface area (Å²) < 4.78 is 13.3. The summed E-state index contributed by atoms with van der Waals surface area (Å²) in [4.78, 5) is 4.17. The first-order valence-corrected chi connectivity index (χ1v) is 7.30. The van der Waals surface area contributed by atoms with Gasteiger partial charge in [-0.2, -0.15) is 0 Å². The summed E-state index contributed by atoms with van der Waals surface area (Å²) in [6.07, 6.45) is 4.64. The first kappa shape index (κ1) is 15.9. The molecule has 0 unspecified atom stereocenters. The van der Waals surface area contributed by atoms with Gasteiger partial charge in [0.25, 0.3) is 0 Å². The molecule has 108 valence electrons. The fourth-order valence-corrected chi connectivity index (χ4v) is 1.99. The van der Waals surface area contributed by atoms with Gasteiger partial charge >= 0.3 is 0 Å². The van der Waals surface area contributed by atoms with Crippen molar-refractivity contribution in [2.24, 2.45) is 5.92 Å². The van der Waals surface area contributed by atoms with Gasteiger partial charge in [-0.05, 0) is 24.9 Å². The molecule has 0 spiro atoms. The molecule has 0 aliphatic rings. The van der Waals surface area contributed by atoms with Crippen LogP contribution in [0.2, 0.25) is 0 Å².